The number of hydrogen-bond donors (Lipinski definition) is 1. The van der Waals surface area contributed by atoms with Crippen LogP contribution in [0.25, 0.3) is 21.8 Å². The molecule has 3 nitrogen and oxygen atoms in total. The van der Waals surface area contributed by atoms with E-state index in [9.17, 15) is 13.6 Å². The van der Waals surface area contributed by atoms with Gasteiger partial charge in [0.2, 0.25) is 0 Å². The molecule has 4 aromatic rings. The van der Waals surface area contributed by atoms with E-state index >= 15 is 0 Å². The monoisotopic (exact) mass is 438 g/mol. The van der Waals surface area contributed by atoms with Gasteiger partial charge < -0.3 is 5.32 Å². The fourth-order valence-electron chi connectivity index (χ4n) is 2.90. The molecule has 4 rings (SSSR count). The Bertz CT molecular complexity index is 1150. The van der Waals surface area contributed by atoms with Gasteiger partial charge in [0.25, 0.3) is 11.7 Å². The molecule has 0 atom stereocenters. The number of aromatic nitrogens is 1. The van der Waals surface area contributed by atoms with E-state index < -0.39 is 11.7 Å². The van der Waals surface area contributed by atoms with Crippen molar-refractivity contribution in [2.75, 3.05) is 5.32 Å². The quantitative estimate of drug-likeness (QED) is 0.328. The first-order valence-corrected chi connectivity index (χ1v) is 10.8. The molecule has 0 radical (unpaired) electrons. The van der Waals surface area contributed by atoms with Crippen molar-refractivity contribution in [3.8, 4) is 21.8 Å². The van der Waals surface area contributed by atoms with E-state index in [0.717, 1.165) is 21.8 Å². The van der Waals surface area contributed by atoms with Crippen molar-refractivity contribution in [2.24, 2.45) is 0 Å². The Morgan fingerprint density at radius 2 is 1.60 bits per heavy atom. The molecule has 0 aliphatic rings. The molecule has 7 heteroatoms. The van der Waals surface area contributed by atoms with Gasteiger partial charge in [0, 0.05) is 27.1 Å². The van der Waals surface area contributed by atoms with E-state index in [1.165, 1.54) is 12.1 Å². The fourth-order valence-corrected chi connectivity index (χ4v) is 4.37. The lowest BCUT2D eigenvalue weighted by Crippen LogP contribution is -2.13. The first-order chi connectivity index (χ1) is 14.6. The number of amides is 1. The van der Waals surface area contributed by atoms with E-state index in [4.69, 9.17) is 0 Å². The highest BCUT2D eigenvalue weighted by atomic mass is 32.2. The summed E-state index contributed by atoms with van der Waals surface area (Å²) in [5, 5.41) is 5.70. The molecular formula is C23H16F2N2OS2. The fraction of sp³-hybridized carbons (Fsp3) is 0.0435. The maximum absolute atomic E-state index is 12.7. The Balaban J connectivity index is 1.48. The van der Waals surface area contributed by atoms with Crippen LogP contribution in [0.1, 0.15) is 10.4 Å². The van der Waals surface area contributed by atoms with E-state index in [-0.39, 0.29) is 10.5 Å². The SMILES string of the molecule is O=C(Nc1ccc(-c2csc(-c3ccccc3)n2)cc1)c1ccccc1SC(F)F. The van der Waals surface area contributed by atoms with Crippen LogP contribution in [0.5, 0.6) is 0 Å². The smallest absolute Gasteiger partial charge is 0.288 e. The number of thiazole rings is 1. The zero-order valence-electron chi connectivity index (χ0n) is 15.6. The Kier molecular flexibility index (Phi) is 6.21. The Hall–Kier alpha value is -3.03. The van der Waals surface area contributed by atoms with Gasteiger partial charge in [-0.05, 0) is 24.3 Å². The van der Waals surface area contributed by atoms with E-state index in [0.29, 0.717) is 17.4 Å². The van der Waals surface area contributed by atoms with Crippen LogP contribution < -0.4 is 5.32 Å². The van der Waals surface area contributed by atoms with Gasteiger partial charge in [-0.25, -0.2) is 4.98 Å². The van der Waals surface area contributed by atoms with Crippen molar-refractivity contribution in [3.05, 3.63) is 89.8 Å². The lowest BCUT2D eigenvalue weighted by Gasteiger charge is -2.10. The number of nitrogens with one attached hydrogen (secondary N) is 1. The highest BCUT2D eigenvalue weighted by molar-refractivity contribution is 7.99. The third-order valence-electron chi connectivity index (χ3n) is 4.31. The molecule has 1 aromatic heterocycles. The van der Waals surface area contributed by atoms with Crippen molar-refractivity contribution >= 4 is 34.7 Å². The molecule has 0 spiro atoms. The van der Waals surface area contributed by atoms with Crippen molar-refractivity contribution in [3.63, 3.8) is 0 Å². The third kappa shape index (κ3) is 4.75. The van der Waals surface area contributed by atoms with Crippen LogP contribution in [0.4, 0.5) is 14.5 Å². The first-order valence-electron chi connectivity index (χ1n) is 9.07. The third-order valence-corrected chi connectivity index (χ3v) is 5.99. The second kappa shape index (κ2) is 9.19. The second-order valence-corrected chi connectivity index (χ2v) is 8.20. The van der Waals surface area contributed by atoms with Crippen molar-refractivity contribution in [1.82, 2.24) is 4.98 Å². The molecule has 1 N–H and O–H groups in total. The zero-order valence-corrected chi connectivity index (χ0v) is 17.2. The summed E-state index contributed by atoms with van der Waals surface area (Å²) in [5.41, 5.74) is 3.66. The molecule has 1 amide bonds. The van der Waals surface area contributed by atoms with Gasteiger partial charge in [0.15, 0.2) is 0 Å². The largest absolute Gasteiger partial charge is 0.322 e. The highest BCUT2D eigenvalue weighted by Gasteiger charge is 2.15. The van der Waals surface area contributed by atoms with Crippen LogP contribution in [0.2, 0.25) is 0 Å². The number of carbonyl (C=O) groups excluding carboxylic acids is 1. The predicted octanol–water partition coefficient (Wildman–Crippen LogP) is 7.04. The van der Waals surface area contributed by atoms with Gasteiger partial charge in [-0.3, -0.25) is 4.79 Å². The summed E-state index contributed by atoms with van der Waals surface area (Å²) in [4.78, 5) is 17.5. The summed E-state index contributed by atoms with van der Waals surface area (Å²) in [6, 6.07) is 23.6. The van der Waals surface area contributed by atoms with Gasteiger partial charge in [0.05, 0.1) is 11.3 Å². The number of halogens is 2. The highest BCUT2D eigenvalue weighted by Crippen LogP contribution is 2.31. The molecular weight excluding hydrogens is 422 g/mol. The number of hydrogen-bond acceptors (Lipinski definition) is 4. The lowest BCUT2D eigenvalue weighted by molar-refractivity contribution is 0.102. The number of alkyl halides is 2. The average molecular weight is 439 g/mol. The first kappa shape index (κ1) is 20.3. The van der Waals surface area contributed by atoms with Crippen molar-refractivity contribution in [1.29, 1.82) is 0 Å². The molecule has 3 aromatic carbocycles. The zero-order chi connectivity index (χ0) is 20.9. The summed E-state index contributed by atoms with van der Waals surface area (Å²) >= 11 is 1.93. The number of anilines is 1. The lowest BCUT2D eigenvalue weighted by atomic mass is 10.1. The molecule has 0 aliphatic carbocycles. The minimum Gasteiger partial charge on any atom is -0.322 e. The molecule has 0 unspecified atom stereocenters. The summed E-state index contributed by atoms with van der Waals surface area (Å²) in [6.45, 7) is 0. The van der Waals surface area contributed by atoms with Gasteiger partial charge in [0.1, 0.15) is 5.01 Å². The van der Waals surface area contributed by atoms with Crippen LogP contribution in [0.3, 0.4) is 0 Å². The minimum absolute atomic E-state index is 0.221. The summed E-state index contributed by atoms with van der Waals surface area (Å²) < 4.78 is 25.5. The molecule has 0 aliphatic heterocycles. The van der Waals surface area contributed by atoms with Crippen LogP contribution in [0.15, 0.2) is 89.1 Å². The predicted molar refractivity (Wildman–Crippen MR) is 119 cm³/mol. The molecule has 0 bridgehead atoms. The Morgan fingerprint density at radius 1 is 0.900 bits per heavy atom. The van der Waals surface area contributed by atoms with Gasteiger partial charge in [-0.1, -0.05) is 66.4 Å². The Labute approximate surface area is 180 Å². The molecule has 150 valence electrons. The summed E-state index contributed by atoms with van der Waals surface area (Å²) in [5.74, 6) is -3.01. The van der Waals surface area contributed by atoms with Crippen LogP contribution in [0, 0.1) is 0 Å². The molecule has 0 saturated carbocycles. The molecule has 30 heavy (non-hydrogen) atoms. The average Bonchev–Trinajstić information content (AvgIpc) is 3.25. The molecule has 0 saturated heterocycles. The van der Waals surface area contributed by atoms with Crippen molar-refractivity contribution in [2.45, 2.75) is 10.7 Å². The van der Waals surface area contributed by atoms with Gasteiger partial charge in [-0.2, -0.15) is 8.78 Å². The maximum Gasteiger partial charge on any atom is 0.288 e. The number of benzene rings is 3. The van der Waals surface area contributed by atoms with E-state index in [1.54, 1.807) is 35.6 Å². The second-order valence-electron chi connectivity index (χ2n) is 6.31. The minimum atomic E-state index is -2.59. The number of rotatable bonds is 6. The van der Waals surface area contributed by atoms with Crippen LogP contribution in [-0.2, 0) is 0 Å². The van der Waals surface area contributed by atoms with Crippen LogP contribution >= 0.6 is 23.1 Å². The standard InChI is InChI=1S/C23H16F2N2OS2/c24-23(25)30-20-9-5-4-8-18(20)21(28)26-17-12-10-15(11-13-17)19-14-29-22(27-19)16-6-2-1-3-7-16/h1-14,23H,(H,26,28). The van der Waals surface area contributed by atoms with E-state index in [1.807, 2.05) is 47.8 Å². The summed E-state index contributed by atoms with van der Waals surface area (Å²) in [7, 11) is 0. The molecule has 0 fully saturated rings. The maximum atomic E-state index is 12.7. The normalized spacial score (nSPS) is 10.9. The van der Waals surface area contributed by atoms with Crippen molar-refractivity contribution < 1.29 is 13.6 Å². The number of thioether (sulfide) groups is 1. The number of carbonyl (C=O) groups is 1. The summed E-state index contributed by atoms with van der Waals surface area (Å²) in [6.07, 6.45) is 0. The van der Waals surface area contributed by atoms with Crippen LogP contribution in [-0.4, -0.2) is 16.6 Å². The van der Waals surface area contributed by atoms with E-state index in [2.05, 4.69) is 10.3 Å². The molecule has 1 heterocycles. The number of nitrogens with zero attached hydrogens (tertiary/aromatic N) is 1. The Morgan fingerprint density at radius 3 is 2.33 bits per heavy atom. The van der Waals surface area contributed by atoms with Gasteiger partial charge >= 0.3 is 0 Å². The van der Waals surface area contributed by atoms with Gasteiger partial charge in [-0.15, -0.1) is 11.3 Å². The topological polar surface area (TPSA) is 42.0 Å².